The normalized spacial score (nSPS) is 15.8. The first-order valence-corrected chi connectivity index (χ1v) is 6.50. The number of hydrogen-bond donors (Lipinski definition) is 1. The quantitative estimate of drug-likeness (QED) is 0.830. The second kappa shape index (κ2) is 5.11. The van der Waals surface area contributed by atoms with Gasteiger partial charge < -0.3 is 14.8 Å². The van der Waals surface area contributed by atoms with Gasteiger partial charge in [0.1, 0.15) is 5.75 Å². The number of methoxy groups -OCH3 is 2. The predicted molar refractivity (Wildman–Crippen MR) is 74.6 cm³/mol. The number of hydrogen-bond acceptors (Lipinski definition) is 4. The third-order valence-corrected chi connectivity index (χ3v) is 3.71. The molecular weight excluding hydrogens is 242 g/mol. The van der Waals surface area contributed by atoms with E-state index in [4.69, 9.17) is 9.47 Å². The molecule has 1 aromatic rings. The number of nitrogens with one attached hydrogen (secondary N) is 1. The summed E-state index contributed by atoms with van der Waals surface area (Å²) in [7, 11) is 3.11. The second-order valence-electron chi connectivity index (χ2n) is 5.29. The lowest BCUT2D eigenvalue weighted by Gasteiger charge is -2.18. The number of esters is 1. The van der Waals surface area contributed by atoms with Crippen LogP contribution < -0.4 is 10.1 Å². The zero-order valence-corrected chi connectivity index (χ0v) is 12.0. The van der Waals surface area contributed by atoms with Gasteiger partial charge in [0.05, 0.1) is 25.3 Å². The van der Waals surface area contributed by atoms with Crippen molar-refractivity contribution < 1.29 is 14.3 Å². The van der Waals surface area contributed by atoms with E-state index in [2.05, 4.69) is 11.4 Å². The molecule has 0 spiro atoms. The standard InChI is InChI=1S/C15H21NO3/c1-10-7-11(2)13(18-3)12(8-10)16-9-15(5-6-15)14(17)19-4/h7-8,16H,5-6,9H2,1-4H3. The Balaban J connectivity index is 2.14. The van der Waals surface area contributed by atoms with Crippen molar-refractivity contribution >= 4 is 11.7 Å². The van der Waals surface area contributed by atoms with Crippen molar-refractivity contribution in [2.75, 3.05) is 26.1 Å². The highest BCUT2D eigenvalue weighted by Gasteiger charge is 2.50. The van der Waals surface area contributed by atoms with Crippen LogP contribution in [-0.4, -0.2) is 26.7 Å². The molecular formula is C15H21NO3. The molecule has 0 saturated heterocycles. The van der Waals surface area contributed by atoms with Crippen LogP contribution in [0, 0.1) is 19.3 Å². The molecule has 0 aromatic heterocycles. The van der Waals surface area contributed by atoms with Gasteiger partial charge in [-0.2, -0.15) is 0 Å². The molecule has 2 rings (SSSR count). The van der Waals surface area contributed by atoms with E-state index in [-0.39, 0.29) is 11.4 Å². The summed E-state index contributed by atoms with van der Waals surface area (Å²) in [5.41, 5.74) is 2.86. The van der Waals surface area contributed by atoms with E-state index < -0.39 is 0 Å². The van der Waals surface area contributed by atoms with E-state index in [1.54, 1.807) is 7.11 Å². The summed E-state index contributed by atoms with van der Waals surface area (Å²) in [6.45, 7) is 4.66. The largest absolute Gasteiger partial charge is 0.494 e. The van der Waals surface area contributed by atoms with Crippen LogP contribution in [0.25, 0.3) is 0 Å². The fourth-order valence-corrected chi connectivity index (χ4v) is 2.44. The van der Waals surface area contributed by atoms with E-state index >= 15 is 0 Å². The highest BCUT2D eigenvalue weighted by molar-refractivity contribution is 5.80. The van der Waals surface area contributed by atoms with Gasteiger partial charge in [-0.1, -0.05) is 6.07 Å². The first-order chi connectivity index (χ1) is 9.02. The van der Waals surface area contributed by atoms with E-state index in [9.17, 15) is 4.79 Å². The molecule has 0 amide bonds. The van der Waals surface area contributed by atoms with Crippen molar-refractivity contribution in [3.8, 4) is 5.75 Å². The molecule has 1 aliphatic carbocycles. The van der Waals surface area contributed by atoms with Crippen molar-refractivity contribution in [3.63, 3.8) is 0 Å². The van der Waals surface area contributed by atoms with Crippen LogP contribution in [0.15, 0.2) is 12.1 Å². The van der Waals surface area contributed by atoms with Crippen LogP contribution >= 0.6 is 0 Å². The molecule has 4 heteroatoms. The minimum absolute atomic E-state index is 0.122. The Bertz CT molecular complexity index is 492. The van der Waals surface area contributed by atoms with Gasteiger partial charge in [0.25, 0.3) is 0 Å². The van der Waals surface area contributed by atoms with E-state index in [0.717, 1.165) is 29.8 Å². The maximum absolute atomic E-state index is 11.7. The maximum Gasteiger partial charge on any atom is 0.313 e. The Hall–Kier alpha value is -1.71. The summed E-state index contributed by atoms with van der Waals surface area (Å²) in [6, 6.07) is 4.12. The highest BCUT2D eigenvalue weighted by atomic mass is 16.5. The number of benzene rings is 1. The molecule has 0 aliphatic heterocycles. The molecule has 0 bridgehead atoms. The van der Waals surface area contributed by atoms with Gasteiger partial charge in [0.2, 0.25) is 0 Å². The number of carbonyl (C=O) groups is 1. The van der Waals surface area contributed by atoms with Crippen molar-refractivity contribution in [1.82, 2.24) is 0 Å². The monoisotopic (exact) mass is 263 g/mol. The van der Waals surface area contributed by atoms with Gasteiger partial charge in [0, 0.05) is 6.54 Å². The third kappa shape index (κ3) is 2.67. The molecule has 1 aliphatic rings. The number of anilines is 1. The first-order valence-electron chi connectivity index (χ1n) is 6.50. The van der Waals surface area contributed by atoms with Gasteiger partial charge in [-0.15, -0.1) is 0 Å². The molecule has 1 fully saturated rings. The van der Waals surface area contributed by atoms with Crippen LogP contribution in [-0.2, 0) is 9.53 Å². The smallest absolute Gasteiger partial charge is 0.313 e. The van der Waals surface area contributed by atoms with Crippen molar-refractivity contribution in [2.24, 2.45) is 5.41 Å². The third-order valence-electron chi connectivity index (χ3n) is 3.71. The van der Waals surface area contributed by atoms with Crippen LogP contribution in [0.4, 0.5) is 5.69 Å². The summed E-state index contributed by atoms with van der Waals surface area (Å²) in [5.74, 6) is 0.717. The summed E-state index contributed by atoms with van der Waals surface area (Å²) < 4.78 is 10.3. The van der Waals surface area contributed by atoms with Crippen molar-refractivity contribution in [2.45, 2.75) is 26.7 Å². The fraction of sp³-hybridized carbons (Fsp3) is 0.533. The van der Waals surface area contributed by atoms with Gasteiger partial charge in [0.15, 0.2) is 0 Å². The number of ether oxygens (including phenoxy) is 2. The van der Waals surface area contributed by atoms with E-state index in [1.165, 1.54) is 12.7 Å². The fourth-order valence-electron chi connectivity index (χ4n) is 2.44. The lowest BCUT2D eigenvalue weighted by Crippen LogP contribution is -2.26. The molecule has 4 nitrogen and oxygen atoms in total. The Labute approximate surface area is 114 Å². The predicted octanol–water partition coefficient (Wildman–Crippen LogP) is 2.68. The SMILES string of the molecule is COC(=O)C1(CNc2cc(C)cc(C)c2OC)CC1. The average Bonchev–Trinajstić information content (AvgIpc) is 3.16. The zero-order chi connectivity index (χ0) is 14.0. The van der Waals surface area contributed by atoms with E-state index in [1.807, 2.05) is 19.9 Å². The molecule has 1 saturated carbocycles. The van der Waals surface area contributed by atoms with Gasteiger partial charge >= 0.3 is 5.97 Å². The molecule has 0 radical (unpaired) electrons. The molecule has 0 heterocycles. The topological polar surface area (TPSA) is 47.6 Å². The van der Waals surface area contributed by atoms with E-state index in [0.29, 0.717) is 6.54 Å². The summed E-state index contributed by atoms with van der Waals surface area (Å²) in [5, 5.41) is 3.34. The average molecular weight is 263 g/mol. The van der Waals surface area contributed by atoms with Gasteiger partial charge in [-0.05, 0) is 43.9 Å². The number of carbonyl (C=O) groups excluding carboxylic acids is 1. The summed E-state index contributed by atoms with van der Waals surface area (Å²) in [6.07, 6.45) is 1.78. The van der Waals surface area contributed by atoms with Crippen LogP contribution in [0.5, 0.6) is 5.75 Å². The molecule has 1 aromatic carbocycles. The maximum atomic E-state index is 11.7. The number of rotatable bonds is 5. The Morgan fingerprint density at radius 2 is 2.00 bits per heavy atom. The zero-order valence-electron chi connectivity index (χ0n) is 12.0. The minimum Gasteiger partial charge on any atom is -0.494 e. The van der Waals surface area contributed by atoms with Crippen molar-refractivity contribution in [1.29, 1.82) is 0 Å². The second-order valence-corrected chi connectivity index (χ2v) is 5.29. The first kappa shape index (κ1) is 13.7. The van der Waals surface area contributed by atoms with Crippen molar-refractivity contribution in [3.05, 3.63) is 23.3 Å². The van der Waals surface area contributed by atoms with Crippen LogP contribution in [0.2, 0.25) is 0 Å². The van der Waals surface area contributed by atoms with Crippen LogP contribution in [0.1, 0.15) is 24.0 Å². The summed E-state index contributed by atoms with van der Waals surface area (Å²) >= 11 is 0. The minimum atomic E-state index is -0.336. The Morgan fingerprint density at radius 3 is 2.53 bits per heavy atom. The Morgan fingerprint density at radius 1 is 1.32 bits per heavy atom. The molecule has 1 N–H and O–H groups in total. The number of aryl methyl sites for hydroxylation is 2. The highest BCUT2D eigenvalue weighted by Crippen LogP contribution is 2.47. The lowest BCUT2D eigenvalue weighted by atomic mass is 10.1. The molecule has 19 heavy (non-hydrogen) atoms. The molecule has 0 unspecified atom stereocenters. The Kier molecular flexibility index (Phi) is 3.69. The lowest BCUT2D eigenvalue weighted by molar-refractivity contribution is -0.146. The molecule has 0 atom stereocenters. The van der Waals surface area contributed by atoms with Gasteiger partial charge in [-0.3, -0.25) is 4.79 Å². The van der Waals surface area contributed by atoms with Crippen LogP contribution in [0.3, 0.4) is 0 Å². The summed E-state index contributed by atoms with van der Waals surface area (Å²) in [4.78, 5) is 11.7. The molecule has 104 valence electrons. The van der Waals surface area contributed by atoms with Gasteiger partial charge in [-0.25, -0.2) is 0 Å².